The summed E-state index contributed by atoms with van der Waals surface area (Å²) < 4.78 is 5.04. The van der Waals surface area contributed by atoms with Crippen molar-refractivity contribution in [2.24, 2.45) is 11.3 Å². The lowest BCUT2D eigenvalue weighted by Crippen LogP contribution is -2.55. The van der Waals surface area contributed by atoms with Crippen LogP contribution in [0, 0.1) is 11.3 Å². The molecule has 0 amide bonds. The lowest BCUT2D eigenvalue weighted by atomic mass is 9.85. The highest BCUT2D eigenvalue weighted by Gasteiger charge is 2.46. The van der Waals surface area contributed by atoms with Crippen LogP contribution < -0.4 is 0 Å². The highest BCUT2D eigenvalue weighted by Crippen LogP contribution is 2.28. The second kappa shape index (κ2) is 5.64. The van der Waals surface area contributed by atoms with Gasteiger partial charge in [0, 0.05) is 6.54 Å². The van der Waals surface area contributed by atoms with Gasteiger partial charge in [-0.1, -0.05) is 13.8 Å². The Labute approximate surface area is 97.6 Å². The van der Waals surface area contributed by atoms with Gasteiger partial charge in [0.1, 0.15) is 5.41 Å². The Morgan fingerprint density at radius 1 is 1.50 bits per heavy atom. The van der Waals surface area contributed by atoms with Gasteiger partial charge in [-0.05, 0) is 32.4 Å². The molecule has 0 aromatic rings. The fraction of sp³-hybridized carbons (Fsp3) is 0.917. The Morgan fingerprint density at radius 3 is 2.50 bits per heavy atom. The normalized spacial score (nSPS) is 18.8. The zero-order valence-corrected chi connectivity index (χ0v) is 10.5. The van der Waals surface area contributed by atoms with Gasteiger partial charge in [-0.2, -0.15) is 0 Å². The van der Waals surface area contributed by atoms with Gasteiger partial charge in [0.2, 0.25) is 0 Å². The molecule has 94 valence electrons. The number of carbonyl (C=O) groups is 1. The van der Waals surface area contributed by atoms with E-state index in [2.05, 4.69) is 18.7 Å². The Kier molecular flexibility index (Phi) is 4.74. The third kappa shape index (κ3) is 3.46. The van der Waals surface area contributed by atoms with Crippen LogP contribution in [0.15, 0.2) is 0 Å². The van der Waals surface area contributed by atoms with E-state index < -0.39 is 11.4 Å². The first-order valence-electron chi connectivity index (χ1n) is 5.96. The number of aliphatic carboxylic acids is 1. The average Bonchev–Trinajstić information content (AvgIpc) is 2.10. The van der Waals surface area contributed by atoms with E-state index in [1.165, 1.54) is 6.42 Å². The largest absolute Gasteiger partial charge is 0.481 e. The lowest BCUT2D eigenvalue weighted by molar-refractivity contribution is -0.182. The van der Waals surface area contributed by atoms with E-state index in [1.807, 2.05) is 7.05 Å². The molecule has 0 spiro atoms. The summed E-state index contributed by atoms with van der Waals surface area (Å²) in [6.07, 6.45) is 2.33. The van der Waals surface area contributed by atoms with Crippen molar-refractivity contribution in [2.45, 2.75) is 26.7 Å². The second-order valence-electron chi connectivity index (χ2n) is 5.35. The number of hydrogen-bond donors (Lipinski definition) is 1. The van der Waals surface area contributed by atoms with Crippen molar-refractivity contribution >= 4 is 5.97 Å². The van der Waals surface area contributed by atoms with E-state index in [1.54, 1.807) is 0 Å². The molecule has 0 atom stereocenters. The van der Waals surface area contributed by atoms with Crippen LogP contribution in [-0.2, 0) is 9.53 Å². The van der Waals surface area contributed by atoms with Crippen molar-refractivity contribution in [1.82, 2.24) is 4.90 Å². The molecule has 0 unspecified atom stereocenters. The van der Waals surface area contributed by atoms with Gasteiger partial charge in [0.05, 0.1) is 13.2 Å². The SMILES string of the molecule is CC(C)CCCN(C)CC1(C(=O)O)COC1. The summed E-state index contributed by atoms with van der Waals surface area (Å²) in [5.41, 5.74) is -0.646. The minimum Gasteiger partial charge on any atom is -0.481 e. The molecular formula is C12H23NO3. The van der Waals surface area contributed by atoms with E-state index in [4.69, 9.17) is 9.84 Å². The third-order valence-corrected chi connectivity index (χ3v) is 3.10. The van der Waals surface area contributed by atoms with Gasteiger partial charge < -0.3 is 14.7 Å². The van der Waals surface area contributed by atoms with Crippen molar-refractivity contribution in [2.75, 3.05) is 33.4 Å². The number of rotatable bonds is 7. The standard InChI is InChI=1S/C12H23NO3/c1-10(2)5-4-6-13(3)7-12(11(14)15)8-16-9-12/h10H,4-9H2,1-3H3,(H,14,15). The maximum atomic E-state index is 11.1. The van der Waals surface area contributed by atoms with Crippen molar-refractivity contribution in [1.29, 1.82) is 0 Å². The minimum atomic E-state index is -0.727. The van der Waals surface area contributed by atoms with Crippen LogP contribution in [-0.4, -0.2) is 49.3 Å². The summed E-state index contributed by atoms with van der Waals surface area (Å²) in [4.78, 5) is 13.2. The van der Waals surface area contributed by atoms with E-state index in [-0.39, 0.29) is 0 Å². The summed E-state index contributed by atoms with van der Waals surface area (Å²) in [7, 11) is 1.99. The molecule has 0 saturated carbocycles. The van der Waals surface area contributed by atoms with Crippen LogP contribution >= 0.6 is 0 Å². The fourth-order valence-electron chi connectivity index (χ4n) is 2.00. The lowest BCUT2D eigenvalue weighted by Gasteiger charge is -2.40. The van der Waals surface area contributed by atoms with Crippen LogP contribution in [0.25, 0.3) is 0 Å². The Morgan fingerprint density at radius 2 is 2.12 bits per heavy atom. The molecule has 1 fully saturated rings. The molecule has 1 rings (SSSR count). The highest BCUT2D eigenvalue weighted by atomic mass is 16.5. The van der Waals surface area contributed by atoms with Gasteiger partial charge >= 0.3 is 5.97 Å². The molecule has 1 N–H and O–H groups in total. The Balaban J connectivity index is 2.27. The van der Waals surface area contributed by atoms with Crippen molar-refractivity contribution in [3.63, 3.8) is 0 Å². The molecule has 0 bridgehead atoms. The maximum absolute atomic E-state index is 11.1. The summed E-state index contributed by atoms with van der Waals surface area (Å²) in [6.45, 7) is 6.69. The van der Waals surface area contributed by atoms with E-state index in [0.717, 1.165) is 13.0 Å². The number of carboxylic acids is 1. The summed E-state index contributed by atoms with van der Waals surface area (Å²) in [6, 6.07) is 0. The van der Waals surface area contributed by atoms with Crippen LogP contribution in [0.1, 0.15) is 26.7 Å². The first kappa shape index (κ1) is 13.5. The molecule has 4 nitrogen and oxygen atoms in total. The molecule has 16 heavy (non-hydrogen) atoms. The number of ether oxygens (including phenoxy) is 1. The predicted molar refractivity (Wildman–Crippen MR) is 62.5 cm³/mol. The Bertz CT molecular complexity index is 236. The zero-order valence-electron chi connectivity index (χ0n) is 10.5. The highest BCUT2D eigenvalue weighted by molar-refractivity contribution is 5.76. The van der Waals surface area contributed by atoms with Crippen LogP contribution in [0.5, 0.6) is 0 Å². The maximum Gasteiger partial charge on any atom is 0.315 e. The molecule has 0 aliphatic carbocycles. The van der Waals surface area contributed by atoms with Crippen LogP contribution in [0.3, 0.4) is 0 Å². The predicted octanol–water partition coefficient (Wildman–Crippen LogP) is 1.46. The summed E-state index contributed by atoms with van der Waals surface area (Å²) in [5, 5.41) is 9.14. The smallest absolute Gasteiger partial charge is 0.315 e. The topological polar surface area (TPSA) is 49.8 Å². The molecular weight excluding hydrogens is 206 g/mol. The monoisotopic (exact) mass is 229 g/mol. The summed E-state index contributed by atoms with van der Waals surface area (Å²) in [5.74, 6) is -0.0108. The number of carboxylic acid groups (broad SMARTS) is 1. The first-order valence-corrected chi connectivity index (χ1v) is 5.96. The molecule has 1 aliphatic heterocycles. The van der Waals surface area contributed by atoms with Crippen molar-refractivity contribution < 1.29 is 14.6 Å². The van der Waals surface area contributed by atoms with E-state index in [0.29, 0.717) is 25.7 Å². The molecule has 4 heteroatoms. The van der Waals surface area contributed by atoms with E-state index in [9.17, 15) is 4.79 Å². The van der Waals surface area contributed by atoms with Gasteiger partial charge in [-0.3, -0.25) is 4.79 Å². The molecule has 0 aromatic heterocycles. The van der Waals surface area contributed by atoms with Gasteiger partial charge in [-0.25, -0.2) is 0 Å². The molecule has 1 aliphatic rings. The zero-order chi connectivity index (χ0) is 12.2. The van der Waals surface area contributed by atoms with Gasteiger partial charge in [0.25, 0.3) is 0 Å². The van der Waals surface area contributed by atoms with Crippen LogP contribution in [0.4, 0.5) is 0 Å². The van der Waals surface area contributed by atoms with Crippen molar-refractivity contribution in [3.05, 3.63) is 0 Å². The number of hydrogen-bond acceptors (Lipinski definition) is 3. The van der Waals surface area contributed by atoms with Gasteiger partial charge in [-0.15, -0.1) is 0 Å². The van der Waals surface area contributed by atoms with E-state index >= 15 is 0 Å². The van der Waals surface area contributed by atoms with Crippen LogP contribution in [0.2, 0.25) is 0 Å². The number of nitrogens with zero attached hydrogens (tertiary/aromatic N) is 1. The second-order valence-corrected chi connectivity index (χ2v) is 5.35. The quantitative estimate of drug-likeness (QED) is 0.718. The molecule has 0 aromatic carbocycles. The van der Waals surface area contributed by atoms with Crippen molar-refractivity contribution in [3.8, 4) is 0 Å². The molecule has 1 heterocycles. The minimum absolute atomic E-state index is 0.358. The van der Waals surface area contributed by atoms with Gasteiger partial charge in [0.15, 0.2) is 0 Å². The molecule has 1 saturated heterocycles. The fourth-order valence-corrected chi connectivity index (χ4v) is 2.00. The summed E-state index contributed by atoms with van der Waals surface area (Å²) >= 11 is 0. The Hall–Kier alpha value is -0.610. The molecule has 0 radical (unpaired) electrons. The average molecular weight is 229 g/mol. The first-order chi connectivity index (χ1) is 7.46. The third-order valence-electron chi connectivity index (χ3n) is 3.10.